The van der Waals surface area contributed by atoms with Crippen molar-refractivity contribution in [3.63, 3.8) is 0 Å². The number of hydrogen-bond donors (Lipinski definition) is 4. The molecule has 5 N–H and O–H groups in total. The molecule has 1 unspecified atom stereocenters. The first-order valence-corrected chi connectivity index (χ1v) is 8.24. The van der Waals surface area contributed by atoms with Crippen LogP contribution in [-0.2, 0) is 9.55 Å². The van der Waals surface area contributed by atoms with E-state index in [-0.39, 0.29) is 12.5 Å². The first-order chi connectivity index (χ1) is 12.7. The molecule has 2 aromatic carbocycles. The number of benzene rings is 2. The molecule has 7 nitrogen and oxygen atoms in total. The van der Waals surface area contributed by atoms with Gasteiger partial charge in [0.05, 0.1) is 11.6 Å². The summed E-state index contributed by atoms with van der Waals surface area (Å²) in [4.78, 5) is 16.8. The third kappa shape index (κ3) is 3.01. The standard InChI is InChI=1S/C18H17BN4O3/c20-9-15(12-2-4-16-17(8-12)23-26-19(16)25)18(24)22-14-3-1-13-10-21-6-5-11(13)7-14/h1-8,10,15,23,25H,9,20H2,(H,22,24). The molecule has 26 heavy (non-hydrogen) atoms. The van der Waals surface area contributed by atoms with Crippen molar-refractivity contribution < 1.29 is 14.6 Å². The molecule has 1 aliphatic heterocycles. The van der Waals surface area contributed by atoms with Crippen molar-refractivity contribution in [1.82, 2.24) is 4.98 Å². The molecule has 8 heteroatoms. The molecule has 0 aliphatic carbocycles. The van der Waals surface area contributed by atoms with Crippen molar-refractivity contribution in [3.05, 3.63) is 60.4 Å². The first kappa shape index (κ1) is 16.5. The minimum absolute atomic E-state index is 0.158. The van der Waals surface area contributed by atoms with Gasteiger partial charge in [0.25, 0.3) is 0 Å². The number of rotatable bonds is 4. The number of nitrogens with two attached hydrogens (primary N) is 1. The summed E-state index contributed by atoms with van der Waals surface area (Å²) in [5.74, 6) is -0.715. The topological polar surface area (TPSA) is 110 Å². The van der Waals surface area contributed by atoms with Gasteiger partial charge in [-0.2, -0.15) is 0 Å². The van der Waals surface area contributed by atoms with Crippen molar-refractivity contribution in [1.29, 1.82) is 0 Å². The van der Waals surface area contributed by atoms with Gasteiger partial charge in [0.1, 0.15) is 0 Å². The Labute approximate surface area is 150 Å². The third-order valence-corrected chi connectivity index (χ3v) is 4.49. The van der Waals surface area contributed by atoms with Crippen molar-refractivity contribution >= 4 is 40.6 Å². The van der Waals surface area contributed by atoms with Crippen LogP contribution >= 0.6 is 0 Å². The van der Waals surface area contributed by atoms with Gasteiger partial charge in [0, 0.05) is 35.5 Å². The van der Waals surface area contributed by atoms with E-state index in [1.54, 1.807) is 30.6 Å². The quantitative estimate of drug-likeness (QED) is 0.523. The number of amides is 1. The molecule has 0 radical (unpaired) electrons. The van der Waals surface area contributed by atoms with Crippen LogP contribution in [0, 0.1) is 0 Å². The highest BCUT2D eigenvalue weighted by molar-refractivity contribution is 6.63. The Hall–Kier alpha value is -2.94. The van der Waals surface area contributed by atoms with Gasteiger partial charge in [0.15, 0.2) is 0 Å². The number of anilines is 2. The number of carbonyl (C=O) groups is 1. The SMILES string of the molecule is NCC(C(=O)Nc1ccc2cnccc2c1)c1ccc2c(c1)NOB2O. The average molecular weight is 348 g/mol. The summed E-state index contributed by atoms with van der Waals surface area (Å²) < 4.78 is 4.96. The molecule has 0 fully saturated rings. The fraction of sp³-hybridized carbons (Fsp3) is 0.111. The number of fused-ring (bicyclic) bond motifs is 2. The number of hydrogen-bond acceptors (Lipinski definition) is 6. The van der Waals surface area contributed by atoms with Crippen molar-refractivity contribution in [2.75, 3.05) is 17.3 Å². The van der Waals surface area contributed by atoms with Gasteiger partial charge in [-0.05, 0) is 35.2 Å². The van der Waals surface area contributed by atoms with Crippen LogP contribution in [0.1, 0.15) is 11.5 Å². The number of nitrogens with one attached hydrogen (secondary N) is 2. The largest absolute Gasteiger partial charge is 0.516 e. The van der Waals surface area contributed by atoms with Crippen molar-refractivity contribution in [3.8, 4) is 0 Å². The fourth-order valence-electron chi connectivity index (χ4n) is 3.06. The summed E-state index contributed by atoms with van der Waals surface area (Å²) in [5.41, 5.74) is 11.2. The minimum atomic E-state index is -1.00. The Morgan fingerprint density at radius 3 is 3.00 bits per heavy atom. The van der Waals surface area contributed by atoms with E-state index in [2.05, 4.69) is 15.8 Å². The van der Waals surface area contributed by atoms with Gasteiger partial charge in [0.2, 0.25) is 5.91 Å². The van der Waals surface area contributed by atoms with E-state index < -0.39 is 13.0 Å². The molecule has 1 aromatic heterocycles. The molecule has 0 bridgehead atoms. The van der Waals surface area contributed by atoms with E-state index in [0.29, 0.717) is 16.8 Å². The van der Waals surface area contributed by atoms with Crippen LogP contribution in [0.25, 0.3) is 10.8 Å². The van der Waals surface area contributed by atoms with Crippen LogP contribution in [0.15, 0.2) is 54.9 Å². The van der Waals surface area contributed by atoms with Gasteiger partial charge in [-0.3, -0.25) is 20.0 Å². The van der Waals surface area contributed by atoms with Crippen molar-refractivity contribution in [2.45, 2.75) is 5.92 Å². The van der Waals surface area contributed by atoms with E-state index >= 15 is 0 Å². The highest BCUT2D eigenvalue weighted by atomic mass is 16.7. The molecule has 0 spiro atoms. The number of pyridine rings is 1. The van der Waals surface area contributed by atoms with Crippen LogP contribution in [0.2, 0.25) is 0 Å². The zero-order valence-corrected chi connectivity index (χ0v) is 13.8. The van der Waals surface area contributed by atoms with Crippen LogP contribution < -0.4 is 22.0 Å². The highest BCUT2D eigenvalue weighted by Crippen LogP contribution is 2.24. The predicted octanol–water partition coefficient (Wildman–Crippen LogP) is 0.960. The molecular formula is C18H17BN4O3. The lowest BCUT2D eigenvalue weighted by molar-refractivity contribution is -0.117. The summed E-state index contributed by atoms with van der Waals surface area (Å²) in [6, 6.07) is 12.8. The smallest absolute Gasteiger partial charge is 0.422 e. The van der Waals surface area contributed by atoms with E-state index in [4.69, 9.17) is 10.5 Å². The zero-order chi connectivity index (χ0) is 18.1. The molecule has 2 heterocycles. The fourth-order valence-corrected chi connectivity index (χ4v) is 3.06. The highest BCUT2D eigenvalue weighted by Gasteiger charge is 2.29. The maximum absolute atomic E-state index is 12.7. The van der Waals surface area contributed by atoms with Crippen LogP contribution in [-0.4, -0.2) is 29.6 Å². The van der Waals surface area contributed by atoms with E-state index in [1.165, 1.54) is 0 Å². The van der Waals surface area contributed by atoms with Gasteiger partial charge in [-0.1, -0.05) is 18.2 Å². The maximum atomic E-state index is 12.7. The summed E-state index contributed by atoms with van der Waals surface area (Å²) >= 11 is 0. The lowest BCUT2D eigenvalue weighted by Crippen LogP contribution is -2.29. The Kier molecular flexibility index (Phi) is 4.30. The van der Waals surface area contributed by atoms with E-state index in [1.807, 2.05) is 24.3 Å². The molecule has 0 saturated heterocycles. The van der Waals surface area contributed by atoms with Crippen LogP contribution in [0.5, 0.6) is 0 Å². The second-order valence-corrected chi connectivity index (χ2v) is 6.13. The van der Waals surface area contributed by atoms with Crippen LogP contribution in [0.4, 0.5) is 11.4 Å². The second-order valence-electron chi connectivity index (χ2n) is 6.13. The molecule has 1 aliphatic rings. The molecular weight excluding hydrogens is 331 g/mol. The van der Waals surface area contributed by atoms with E-state index in [9.17, 15) is 9.82 Å². The molecule has 4 rings (SSSR count). The summed E-state index contributed by atoms with van der Waals surface area (Å²) in [5, 5.41) is 14.6. The van der Waals surface area contributed by atoms with Gasteiger partial charge >= 0.3 is 7.12 Å². The number of carbonyl (C=O) groups excluding carboxylic acids is 1. The summed E-state index contributed by atoms with van der Waals surface area (Å²) in [7, 11) is -1.00. The lowest BCUT2D eigenvalue weighted by atomic mass is 9.79. The molecule has 130 valence electrons. The van der Waals surface area contributed by atoms with Crippen molar-refractivity contribution in [2.24, 2.45) is 5.73 Å². The minimum Gasteiger partial charge on any atom is -0.422 e. The molecule has 1 amide bonds. The zero-order valence-electron chi connectivity index (χ0n) is 13.8. The van der Waals surface area contributed by atoms with Crippen LogP contribution in [0.3, 0.4) is 0 Å². The Balaban J connectivity index is 1.57. The van der Waals surface area contributed by atoms with Gasteiger partial charge in [-0.15, -0.1) is 0 Å². The second kappa shape index (κ2) is 6.76. The number of nitrogens with zero attached hydrogens (tertiary/aromatic N) is 1. The first-order valence-electron chi connectivity index (χ1n) is 8.24. The Bertz CT molecular complexity index is 982. The predicted molar refractivity (Wildman–Crippen MR) is 101 cm³/mol. The number of aromatic nitrogens is 1. The van der Waals surface area contributed by atoms with E-state index in [0.717, 1.165) is 16.3 Å². The molecule has 3 aromatic rings. The monoisotopic (exact) mass is 348 g/mol. The summed E-state index contributed by atoms with van der Waals surface area (Å²) in [6.07, 6.45) is 3.49. The molecule has 0 saturated carbocycles. The van der Waals surface area contributed by atoms with Gasteiger partial charge in [-0.25, -0.2) is 0 Å². The van der Waals surface area contributed by atoms with Gasteiger partial charge < -0.3 is 16.1 Å². The third-order valence-electron chi connectivity index (χ3n) is 4.49. The summed E-state index contributed by atoms with van der Waals surface area (Å²) in [6.45, 7) is 0.158. The maximum Gasteiger partial charge on any atom is 0.516 e. The Morgan fingerprint density at radius 2 is 2.15 bits per heavy atom. The molecule has 1 atom stereocenters. The average Bonchev–Trinajstić information content (AvgIpc) is 3.03. The lowest BCUT2D eigenvalue weighted by Gasteiger charge is -2.16. The Morgan fingerprint density at radius 1 is 1.27 bits per heavy atom. The normalized spacial score (nSPS) is 14.0.